The first kappa shape index (κ1) is 20.2. The Kier molecular flexibility index (Phi) is 6.89. The predicted octanol–water partition coefficient (Wildman–Crippen LogP) is 2.82. The SMILES string of the molecule is CSc1ncccc1C(=O)O[C@@H](C)C(=O)Nc1ccc(N2CCOCC2)cc1. The van der Waals surface area contributed by atoms with Crippen LogP contribution < -0.4 is 10.2 Å². The van der Waals surface area contributed by atoms with Crippen molar-refractivity contribution < 1.29 is 19.1 Å². The van der Waals surface area contributed by atoms with E-state index in [9.17, 15) is 9.59 Å². The first-order valence-corrected chi connectivity index (χ1v) is 10.2. The fourth-order valence-electron chi connectivity index (χ4n) is 2.81. The zero-order valence-electron chi connectivity index (χ0n) is 15.9. The number of nitrogens with zero attached hydrogens (tertiary/aromatic N) is 2. The van der Waals surface area contributed by atoms with E-state index in [4.69, 9.17) is 9.47 Å². The molecule has 28 heavy (non-hydrogen) atoms. The second-order valence-corrected chi connectivity index (χ2v) is 7.04. The van der Waals surface area contributed by atoms with Gasteiger partial charge in [0.05, 0.1) is 18.8 Å². The number of morpholine rings is 1. The average Bonchev–Trinajstić information content (AvgIpc) is 2.74. The first-order chi connectivity index (χ1) is 13.6. The molecule has 0 aliphatic carbocycles. The molecular weight excluding hydrogens is 378 g/mol. The maximum atomic E-state index is 12.4. The van der Waals surface area contributed by atoms with Gasteiger partial charge in [-0.05, 0) is 49.6 Å². The van der Waals surface area contributed by atoms with Crippen LogP contribution in [0.4, 0.5) is 11.4 Å². The number of hydrogen-bond donors (Lipinski definition) is 1. The Balaban J connectivity index is 1.57. The maximum absolute atomic E-state index is 12.4. The standard InChI is InChI=1S/C20H23N3O4S/c1-14(27-20(25)17-4-3-9-21-19(17)28-2)18(24)22-15-5-7-16(8-6-15)23-10-12-26-13-11-23/h3-9,14H,10-13H2,1-2H3,(H,22,24)/t14-/m0/s1. The summed E-state index contributed by atoms with van der Waals surface area (Å²) < 4.78 is 10.7. The van der Waals surface area contributed by atoms with Crippen LogP contribution in [0.1, 0.15) is 17.3 Å². The first-order valence-electron chi connectivity index (χ1n) is 9.02. The van der Waals surface area contributed by atoms with Crippen molar-refractivity contribution in [3.63, 3.8) is 0 Å². The third-order valence-corrected chi connectivity index (χ3v) is 5.06. The Morgan fingerprint density at radius 1 is 1.21 bits per heavy atom. The minimum absolute atomic E-state index is 0.351. The molecule has 0 unspecified atom stereocenters. The average molecular weight is 401 g/mol. The van der Waals surface area contributed by atoms with Crippen molar-refractivity contribution >= 4 is 35.0 Å². The number of aromatic nitrogens is 1. The van der Waals surface area contributed by atoms with Gasteiger partial charge in [-0.2, -0.15) is 0 Å². The van der Waals surface area contributed by atoms with E-state index < -0.39 is 12.1 Å². The number of carbonyl (C=O) groups is 2. The highest BCUT2D eigenvalue weighted by Gasteiger charge is 2.21. The molecule has 0 spiro atoms. The largest absolute Gasteiger partial charge is 0.449 e. The molecule has 0 bridgehead atoms. The van der Waals surface area contributed by atoms with Crippen molar-refractivity contribution in [2.75, 3.05) is 42.8 Å². The van der Waals surface area contributed by atoms with Gasteiger partial charge in [0.15, 0.2) is 6.10 Å². The molecule has 1 aromatic heterocycles. The molecule has 8 heteroatoms. The predicted molar refractivity (Wildman–Crippen MR) is 109 cm³/mol. The number of nitrogens with one attached hydrogen (secondary N) is 1. The minimum Gasteiger partial charge on any atom is -0.449 e. The third-order valence-electron chi connectivity index (χ3n) is 4.35. The van der Waals surface area contributed by atoms with Crippen LogP contribution in [0.5, 0.6) is 0 Å². The number of carbonyl (C=O) groups excluding carboxylic acids is 2. The lowest BCUT2D eigenvalue weighted by atomic mass is 10.2. The highest BCUT2D eigenvalue weighted by Crippen LogP contribution is 2.20. The molecule has 0 saturated carbocycles. The Labute approximate surface area is 168 Å². The monoisotopic (exact) mass is 401 g/mol. The zero-order chi connectivity index (χ0) is 19.9. The number of benzene rings is 1. The molecule has 2 aromatic rings. The summed E-state index contributed by atoms with van der Waals surface area (Å²) in [7, 11) is 0. The highest BCUT2D eigenvalue weighted by atomic mass is 32.2. The number of rotatable bonds is 6. The lowest BCUT2D eigenvalue weighted by Gasteiger charge is -2.28. The Hall–Kier alpha value is -2.58. The van der Waals surface area contributed by atoms with Crippen LogP contribution in [0.2, 0.25) is 0 Å². The molecule has 1 fully saturated rings. The van der Waals surface area contributed by atoms with Crippen molar-refractivity contribution in [2.45, 2.75) is 18.1 Å². The Morgan fingerprint density at radius 2 is 1.93 bits per heavy atom. The number of anilines is 2. The zero-order valence-corrected chi connectivity index (χ0v) is 16.7. The van der Waals surface area contributed by atoms with Crippen molar-refractivity contribution in [3.05, 3.63) is 48.2 Å². The molecule has 0 radical (unpaired) electrons. The van der Waals surface area contributed by atoms with Gasteiger partial charge in [-0.1, -0.05) is 0 Å². The van der Waals surface area contributed by atoms with E-state index >= 15 is 0 Å². The van der Waals surface area contributed by atoms with E-state index in [1.165, 1.54) is 11.8 Å². The van der Waals surface area contributed by atoms with Crippen molar-refractivity contribution in [1.82, 2.24) is 4.98 Å². The smallest absolute Gasteiger partial charge is 0.341 e. The summed E-state index contributed by atoms with van der Waals surface area (Å²) in [5.74, 6) is -0.954. The quantitative estimate of drug-likeness (QED) is 0.589. The summed E-state index contributed by atoms with van der Waals surface area (Å²) in [6, 6.07) is 10.9. The van der Waals surface area contributed by atoms with Crippen LogP contribution in [0, 0.1) is 0 Å². The number of thioether (sulfide) groups is 1. The van der Waals surface area contributed by atoms with Crippen LogP contribution in [0.15, 0.2) is 47.6 Å². The van der Waals surface area contributed by atoms with Crippen molar-refractivity contribution in [1.29, 1.82) is 0 Å². The molecule has 7 nitrogen and oxygen atoms in total. The Bertz CT molecular complexity index is 822. The topological polar surface area (TPSA) is 80.8 Å². The molecular formula is C20H23N3O4S. The lowest BCUT2D eigenvalue weighted by molar-refractivity contribution is -0.123. The minimum atomic E-state index is -0.929. The normalized spacial score (nSPS) is 15.0. The molecule has 1 aliphatic heterocycles. The van der Waals surface area contributed by atoms with Crippen molar-refractivity contribution in [2.24, 2.45) is 0 Å². The molecule has 1 N–H and O–H groups in total. The Morgan fingerprint density at radius 3 is 2.61 bits per heavy atom. The molecule has 1 aliphatic rings. The van der Waals surface area contributed by atoms with Gasteiger partial charge < -0.3 is 19.7 Å². The summed E-state index contributed by atoms with van der Waals surface area (Å²) in [6.45, 7) is 4.69. The van der Waals surface area contributed by atoms with E-state index in [0.717, 1.165) is 32.0 Å². The van der Waals surface area contributed by atoms with Gasteiger partial charge in [0.1, 0.15) is 5.03 Å². The molecule has 2 heterocycles. The van der Waals surface area contributed by atoms with E-state index in [1.807, 2.05) is 30.5 Å². The molecule has 148 valence electrons. The van der Waals surface area contributed by atoms with Gasteiger partial charge in [0, 0.05) is 30.7 Å². The van der Waals surface area contributed by atoms with Gasteiger partial charge >= 0.3 is 5.97 Å². The van der Waals surface area contributed by atoms with Gasteiger partial charge in [-0.25, -0.2) is 9.78 Å². The van der Waals surface area contributed by atoms with E-state index in [-0.39, 0.29) is 5.91 Å². The van der Waals surface area contributed by atoms with Gasteiger partial charge in [0.25, 0.3) is 5.91 Å². The fourth-order valence-corrected chi connectivity index (χ4v) is 3.34. The van der Waals surface area contributed by atoms with Crippen LogP contribution in [0.25, 0.3) is 0 Å². The van der Waals surface area contributed by atoms with Gasteiger partial charge in [-0.3, -0.25) is 4.79 Å². The maximum Gasteiger partial charge on any atom is 0.341 e. The summed E-state index contributed by atoms with van der Waals surface area (Å²) in [6.07, 6.45) is 2.51. The molecule has 1 amide bonds. The number of hydrogen-bond acceptors (Lipinski definition) is 7. The van der Waals surface area contributed by atoms with Gasteiger partial charge in [0.2, 0.25) is 0 Å². The number of pyridine rings is 1. The van der Waals surface area contributed by atoms with Crippen LogP contribution in [-0.2, 0) is 14.3 Å². The molecule has 1 saturated heterocycles. The second kappa shape index (κ2) is 9.57. The van der Waals surface area contributed by atoms with E-state index in [1.54, 1.807) is 25.3 Å². The summed E-state index contributed by atoms with van der Waals surface area (Å²) in [5.41, 5.74) is 2.09. The van der Waals surface area contributed by atoms with Crippen LogP contribution >= 0.6 is 11.8 Å². The number of amides is 1. The molecule has 1 aromatic carbocycles. The second-order valence-electron chi connectivity index (χ2n) is 6.24. The summed E-state index contributed by atoms with van der Waals surface area (Å²) in [5, 5.41) is 3.35. The van der Waals surface area contributed by atoms with Crippen molar-refractivity contribution in [3.8, 4) is 0 Å². The van der Waals surface area contributed by atoms with Gasteiger partial charge in [-0.15, -0.1) is 11.8 Å². The van der Waals surface area contributed by atoms with Crippen LogP contribution in [0.3, 0.4) is 0 Å². The highest BCUT2D eigenvalue weighted by molar-refractivity contribution is 7.98. The molecule has 1 atom stereocenters. The number of ether oxygens (including phenoxy) is 2. The number of esters is 1. The fraction of sp³-hybridized carbons (Fsp3) is 0.350. The summed E-state index contributed by atoms with van der Waals surface area (Å²) in [4.78, 5) is 31.1. The molecule has 3 rings (SSSR count). The van der Waals surface area contributed by atoms with E-state index in [0.29, 0.717) is 16.3 Å². The van der Waals surface area contributed by atoms with Crippen LogP contribution in [-0.4, -0.2) is 55.5 Å². The lowest BCUT2D eigenvalue weighted by Crippen LogP contribution is -2.36. The summed E-state index contributed by atoms with van der Waals surface area (Å²) >= 11 is 1.35. The third kappa shape index (κ3) is 5.02. The van der Waals surface area contributed by atoms with E-state index in [2.05, 4.69) is 15.2 Å².